The van der Waals surface area contributed by atoms with Gasteiger partial charge in [-0.05, 0) is 35.7 Å². The summed E-state index contributed by atoms with van der Waals surface area (Å²) in [6.45, 7) is 4.93. The quantitative estimate of drug-likeness (QED) is 0.903. The third-order valence-electron chi connectivity index (χ3n) is 3.19. The van der Waals surface area contributed by atoms with E-state index >= 15 is 0 Å². The second-order valence-electron chi connectivity index (χ2n) is 4.45. The molecule has 1 aromatic heterocycles. The zero-order valence-electron chi connectivity index (χ0n) is 10.5. The van der Waals surface area contributed by atoms with Gasteiger partial charge >= 0.3 is 0 Å². The van der Waals surface area contributed by atoms with Gasteiger partial charge in [0, 0.05) is 38.5 Å². The van der Waals surface area contributed by atoms with Crippen molar-refractivity contribution in [2.24, 2.45) is 0 Å². The maximum Gasteiger partial charge on any atom is 0.267 e. The third kappa shape index (κ3) is 3.40. The Morgan fingerprint density at radius 2 is 2.28 bits per heavy atom. The smallest absolute Gasteiger partial charge is 0.267 e. The molecule has 6 heteroatoms. The van der Waals surface area contributed by atoms with E-state index in [9.17, 15) is 4.79 Å². The van der Waals surface area contributed by atoms with Gasteiger partial charge in [0.25, 0.3) is 5.56 Å². The predicted molar refractivity (Wildman–Crippen MR) is 72.8 cm³/mol. The zero-order chi connectivity index (χ0) is 13.0. The lowest BCUT2D eigenvalue weighted by Crippen LogP contribution is -2.38. The van der Waals surface area contributed by atoms with Crippen LogP contribution in [-0.2, 0) is 11.3 Å². The highest BCUT2D eigenvalue weighted by Gasteiger charge is 2.13. The van der Waals surface area contributed by atoms with Crippen LogP contribution in [0.25, 0.3) is 0 Å². The second-order valence-corrected chi connectivity index (χ2v) is 5.31. The first-order valence-corrected chi connectivity index (χ1v) is 7.01. The summed E-state index contributed by atoms with van der Waals surface area (Å²) in [5.41, 5.74) is -0.0173. The highest BCUT2D eigenvalue weighted by Crippen LogP contribution is 2.06. The van der Waals surface area contributed by atoms with Crippen LogP contribution in [0.4, 0.5) is 0 Å². The minimum Gasteiger partial charge on any atom is -0.381 e. The molecule has 1 aliphatic rings. The van der Waals surface area contributed by atoms with E-state index in [0.717, 1.165) is 38.4 Å². The molecule has 1 aromatic rings. The summed E-state index contributed by atoms with van der Waals surface area (Å²) < 4.78 is 7.51. The molecule has 0 amide bonds. The van der Waals surface area contributed by atoms with Crippen molar-refractivity contribution in [3.05, 3.63) is 26.8 Å². The Kier molecular flexibility index (Phi) is 4.91. The van der Waals surface area contributed by atoms with Crippen molar-refractivity contribution >= 4 is 15.9 Å². The largest absolute Gasteiger partial charge is 0.381 e. The number of nitrogens with one attached hydrogen (secondary N) is 1. The van der Waals surface area contributed by atoms with Crippen LogP contribution in [0.2, 0.25) is 0 Å². The Morgan fingerprint density at radius 3 is 3.00 bits per heavy atom. The Balaban J connectivity index is 1.90. The standard InChI is InChI=1S/C12H18BrN3O2/c1-9-15-8-11(13)12(17)16(9)5-4-14-10-2-6-18-7-3-10/h8,10,14H,2-7H2,1H3. The van der Waals surface area contributed by atoms with Crippen molar-refractivity contribution in [2.45, 2.75) is 32.4 Å². The number of rotatable bonds is 4. The summed E-state index contributed by atoms with van der Waals surface area (Å²) in [6.07, 6.45) is 3.65. The van der Waals surface area contributed by atoms with Gasteiger partial charge < -0.3 is 10.1 Å². The summed E-state index contributed by atoms with van der Waals surface area (Å²) in [4.78, 5) is 16.1. The van der Waals surface area contributed by atoms with Gasteiger partial charge in [0.05, 0.1) is 0 Å². The molecular formula is C12H18BrN3O2. The van der Waals surface area contributed by atoms with Crippen molar-refractivity contribution in [2.75, 3.05) is 19.8 Å². The first-order valence-electron chi connectivity index (χ1n) is 6.21. The number of ether oxygens (including phenoxy) is 1. The van der Waals surface area contributed by atoms with Crippen LogP contribution in [0.3, 0.4) is 0 Å². The van der Waals surface area contributed by atoms with Crippen molar-refractivity contribution in [3.63, 3.8) is 0 Å². The van der Waals surface area contributed by atoms with E-state index < -0.39 is 0 Å². The normalized spacial score (nSPS) is 17.0. The molecular weight excluding hydrogens is 298 g/mol. The zero-order valence-corrected chi connectivity index (χ0v) is 12.1. The molecule has 18 heavy (non-hydrogen) atoms. The molecule has 100 valence electrons. The molecule has 0 saturated carbocycles. The topological polar surface area (TPSA) is 56.2 Å². The molecule has 0 unspecified atom stereocenters. The predicted octanol–water partition coefficient (Wildman–Crippen LogP) is 1.08. The van der Waals surface area contributed by atoms with Crippen LogP contribution in [0.1, 0.15) is 18.7 Å². The molecule has 2 rings (SSSR count). The first-order chi connectivity index (χ1) is 8.68. The van der Waals surface area contributed by atoms with Crippen LogP contribution in [0.5, 0.6) is 0 Å². The molecule has 0 aliphatic carbocycles. The van der Waals surface area contributed by atoms with E-state index in [4.69, 9.17) is 4.74 Å². The summed E-state index contributed by atoms with van der Waals surface area (Å²) in [6, 6.07) is 0.509. The number of hydrogen-bond donors (Lipinski definition) is 1. The van der Waals surface area contributed by atoms with Gasteiger partial charge in [-0.25, -0.2) is 4.98 Å². The van der Waals surface area contributed by atoms with Crippen LogP contribution in [-0.4, -0.2) is 35.4 Å². The van der Waals surface area contributed by atoms with Gasteiger partial charge in [0.1, 0.15) is 10.3 Å². The maximum absolute atomic E-state index is 11.9. The van der Waals surface area contributed by atoms with Crippen LogP contribution in [0, 0.1) is 6.92 Å². The molecule has 1 fully saturated rings. The van der Waals surface area contributed by atoms with Crippen LogP contribution >= 0.6 is 15.9 Å². The van der Waals surface area contributed by atoms with Crippen LogP contribution in [0.15, 0.2) is 15.5 Å². The van der Waals surface area contributed by atoms with E-state index in [1.165, 1.54) is 0 Å². The van der Waals surface area contributed by atoms with Crippen molar-refractivity contribution in [3.8, 4) is 0 Å². The Hall–Kier alpha value is -0.720. The molecule has 0 atom stereocenters. The molecule has 0 aromatic carbocycles. The Labute approximate surface area is 115 Å². The summed E-state index contributed by atoms with van der Waals surface area (Å²) >= 11 is 3.22. The van der Waals surface area contributed by atoms with Crippen LogP contribution < -0.4 is 10.9 Å². The first kappa shape index (κ1) is 13.7. The molecule has 2 heterocycles. The number of aromatic nitrogens is 2. The van der Waals surface area contributed by atoms with E-state index in [1.807, 2.05) is 6.92 Å². The fourth-order valence-electron chi connectivity index (χ4n) is 2.10. The SMILES string of the molecule is Cc1ncc(Br)c(=O)n1CCNC1CCOCC1. The van der Waals surface area contributed by atoms with Gasteiger partial charge in [-0.3, -0.25) is 9.36 Å². The van der Waals surface area contributed by atoms with Gasteiger partial charge in [0.2, 0.25) is 0 Å². The fourth-order valence-corrected chi connectivity index (χ4v) is 2.41. The maximum atomic E-state index is 11.9. The Bertz CT molecular complexity index is 455. The summed E-state index contributed by atoms with van der Waals surface area (Å²) in [5.74, 6) is 0.747. The highest BCUT2D eigenvalue weighted by atomic mass is 79.9. The lowest BCUT2D eigenvalue weighted by molar-refractivity contribution is 0.0778. The average Bonchev–Trinajstić information content (AvgIpc) is 2.39. The van der Waals surface area contributed by atoms with Gasteiger partial charge in [0.15, 0.2) is 0 Å². The minimum absolute atomic E-state index is 0.0173. The van der Waals surface area contributed by atoms with E-state index in [0.29, 0.717) is 17.1 Å². The highest BCUT2D eigenvalue weighted by molar-refractivity contribution is 9.10. The molecule has 1 saturated heterocycles. The van der Waals surface area contributed by atoms with E-state index in [2.05, 4.69) is 26.2 Å². The molecule has 1 N–H and O–H groups in total. The molecule has 5 nitrogen and oxygen atoms in total. The number of halogens is 1. The molecule has 0 spiro atoms. The van der Waals surface area contributed by atoms with Crippen molar-refractivity contribution in [1.82, 2.24) is 14.9 Å². The summed E-state index contributed by atoms with van der Waals surface area (Å²) in [5, 5.41) is 3.46. The molecule has 0 radical (unpaired) electrons. The second kappa shape index (κ2) is 6.45. The number of aryl methyl sites for hydroxylation is 1. The molecule has 1 aliphatic heterocycles. The number of nitrogens with zero attached hydrogens (tertiary/aromatic N) is 2. The Morgan fingerprint density at radius 1 is 1.56 bits per heavy atom. The van der Waals surface area contributed by atoms with Gasteiger partial charge in [-0.1, -0.05) is 0 Å². The van der Waals surface area contributed by atoms with E-state index in [1.54, 1.807) is 10.8 Å². The molecule has 0 bridgehead atoms. The summed E-state index contributed by atoms with van der Waals surface area (Å²) in [7, 11) is 0. The fraction of sp³-hybridized carbons (Fsp3) is 0.667. The van der Waals surface area contributed by atoms with E-state index in [-0.39, 0.29) is 5.56 Å². The lowest BCUT2D eigenvalue weighted by atomic mass is 10.1. The van der Waals surface area contributed by atoms with Gasteiger partial charge in [-0.15, -0.1) is 0 Å². The van der Waals surface area contributed by atoms with Gasteiger partial charge in [-0.2, -0.15) is 0 Å². The minimum atomic E-state index is -0.0173. The number of hydrogen-bond acceptors (Lipinski definition) is 4. The van der Waals surface area contributed by atoms with Crippen molar-refractivity contribution in [1.29, 1.82) is 0 Å². The average molecular weight is 316 g/mol. The van der Waals surface area contributed by atoms with Crippen molar-refractivity contribution < 1.29 is 4.74 Å². The lowest BCUT2D eigenvalue weighted by Gasteiger charge is -2.23. The monoisotopic (exact) mass is 315 g/mol. The third-order valence-corrected chi connectivity index (χ3v) is 3.74.